The molecule has 0 aliphatic heterocycles. The second-order valence-electron chi connectivity index (χ2n) is 6.60. The third-order valence-electron chi connectivity index (χ3n) is 4.68. The number of nitrogens with one attached hydrogen (secondary N) is 1. The first-order chi connectivity index (χ1) is 14.7. The van der Waals surface area contributed by atoms with Crippen LogP contribution in [0.25, 0.3) is 11.1 Å². The van der Waals surface area contributed by atoms with E-state index in [9.17, 15) is 9.90 Å². The summed E-state index contributed by atoms with van der Waals surface area (Å²) in [5.41, 5.74) is 3.19. The average Bonchev–Trinajstić information content (AvgIpc) is 2.81. The lowest BCUT2D eigenvalue weighted by Crippen LogP contribution is -2.31. The van der Waals surface area contributed by atoms with Gasteiger partial charge in [-0.3, -0.25) is 0 Å². The maximum atomic E-state index is 12.4. The van der Waals surface area contributed by atoms with Gasteiger partial charge in [0.2, 0.25) is 0 Å². The minimum Gasteiger partial charge on any atom is -0.497 e. The second kappa shape index (κ2) is 10.3. The van der Waals surface area contributed by atoms with Crippen LogP contribution in [0, 0.1) is 0 Å². The number of hydrogen-bond donors (Lipinski definition) is 2. The van der Waals surface area contributed by atoms with E-state index in [1.165, 1.54) is 0 Å². The Hall–Kier alpha value is -3.51. The van der Waals surface area contributed by atoms with Gasteiger partial charge < -0.3 is 24.6 Å². The molecular formula is C24H25NO5. The molecule has 0 spiro atoms. The van der Waals surface area contributed by atoms with Crippen LogP contribution in [0.5, 0.6) is 11.5 Å². The largest absolute Gasteiger partial charge is 0.497 e. The van der Waals surface area contributed by atoms with Crippen molar-refractivity contribution in [1.82, 2.24) is 5.32 Å². The molecule has 0 aliphatic carbocycles. The lowest BCUT2D eigenvalue weighted by atomic mass is 9.97. The van der Waals surface area contributed by atoms with Crippen LogP contribution >= 0.6 is 0 Å². The van der Waals surface area contributed by atoms with Gasteiger partial charge in [-0.15, -0.1) is 0 Å². The van der Waals surface area contributed by atoms with Gasteiger partial charge in [-0.25, -0.2) is 4.79 Å². The van der Waals surface area contributed by atoms with E-state index >= 15 is 0 Å². The molecule has 0 aromatic heterocycles. The van der Waals surface area contributed by atoms with Crippen LogP contribution in [0.2, 0.25) is 0 Å². The van der Waals surface area contributed by atoms with E-state index in [0.717, 1.165) is 16.7 Å². The van der Waals surface area contributed by atoms with E-state index in [4.69, 9.17) is 14.2 Å². The monoisotopic (exact) mass is 407 g/mol. The molecule has 6 heteroatoms. The van der Waals surface area contributed by atoms with Crippen molar-refractivity contribution in [3.05, 3.63) is 83.9 Å². The molecule has 156 valence electrons. The zero-order valence-corrected chi connectivity index (χ0v) is 17.0. The molecule has 6 nitrogen and oxygen atoms in total. The summed E-state index contributed by atoms with van der Waals surface area (Å²) in [6.07, 6.45) is -0.635. The topological polar surface area (TPSA) is 77.0 Å². The van der Waals surface area contributed by atoms with E-state index in [2.05, 4.69) is 5.32 Å². The van der Waals surface area contributed by atoms with Gasteiger partial charge in [0.15, 0.2) is 0 Å². The molecule has 0 saturated heterocycles. The summed E-state index contributed by atoms with van der Waals surface area (Å²) in [6.45, 7) is -0.201. The Bertz CT molecular complexity index is 960. The molecule has 1 amide bonds. The Kier molecular flexibility index (Phi) is 7.29. The van der Waals surface area contributed by atoms with Gasteiger partial charge in [-0.2, -0.15) is 0 Å². The van der Waals surface area contributed by atoms with Crippen molar-refractivity contribution in [3.8, 4) is 22.6 Å². The molecule has 0 heterocycles. The molecule has 3 aromatic carbocycles. The summed E-state index contributed by atoms with van der Waals surface area (Å²) in [4.78, 5) is 12.4. The highest BCUT2D eigenvalue weighted by molar-refractivity contribution is 5.75. The van der Waals surface area contributed by atoms with Crippen LogP contribution in [0.1, 0.15) is 17.2 Å². The quantitative estimate of drug-likeness (QED) is 0.581. The third kappa shape index (κ3) is 5.10. The van der Waals surface area contributed by atoms with Gasteiger partial charge in [0.1, 0.15) is 18.1 Å². The number of rotatable bonds is 8. The van der Waals surface area contributed by atoms with E-state index < -0.39 is 12.1 Å². The first kappa shape index (κ1) is 21.2. The van der Waals surface area contributed by atoms with Crippen molar-refractivity contribution >= 4 is 6.09 Å². The molecular weight excluding hydrogens is 382 g/mol. The van der Waals surface area contributed by atoms with Crippen molar-refractivity contribution < 1.29 is 24.1 Å². The van der Waals surface area contributed by atoms with Crippen molar-refractivity contribution in [2.45, 2.75) is 12.6 Å². The van der Waals surface area contributed by atoms with Gasteiger partial charge in [0.05, 0.1) is 26.9 Å². The normalized spacial score (nSPS) is 11.4. The SMILES string of the molecule is COc1cc(-c2ccccc2)c(OC)c([C@H](CO)NC(=O)OCc2ccccc2)c1. The summed E-state index contributed by atoms with van der Waals surface area (Å²) in [5.74, 6) is 1.13. The number of ether oxygens (including phenoxy) is 3. The fourth-order valence-electron chi connectivity index (χ4n) is 3.19. The molecule has 0 aliphatic rings. The minimum atomic E-state index is -0.735. The molecule has 0 unspecified atom stereocenters. The number of carbonyl (C=O) groups is 1. The number of amides is 1. The number of aliphatic hydroxyl groups is 1. The van der Waals surface area contributed by atoms with Crippen molar-refractivity contribution in [2.24, 2.45) is 0 Å². The summed E-state index contributed by atoms with van der Waals surface area (Å²) in [7, 11) is 3.12. The van der Waals surface area contributed by atoms with Crippen LogP contribution in [0.3, 0.4) is 0 Å². The predicted molar refractivity (Wildman–Crippen MR) is 115 cm³/mol. The highest BCUT2D eigenvalue weighted by Gasteiger charge is 2.23. The van der Waals surface area contributed by atoms with Crippen molar-refractivity contribution in [1.29, 1.82) is 0 Å². The number of hydrogen-bond acceptors (Lipinski definition) is 5. The smallest absolute Gasteiger partial charge is 0.408 e. The van der Waals surface area contributed by atoms with Crippen LogP contribution < -0.4 is 14.8 Å². The first-order valence-corrected chi connectivity index (χ1v) is 9.55. The van der Waals surface area contributed by atoms with Crippen LogP contribution in [0.4, 0.5) is 4.79 Å². The minimum absolute atomic E-state index is 0.134. The van der Waals surface area contributed by atoms with Gasteiger partial charge in [-0.1, -0.05) is 60.7 Å². The maximum absolute atomic E-state index is 12.4. The lowest BCUT2D eigenvalue weighted by molar-refractivity contribution is 0.129. The number of methoxy groups -OCH3 is 2. The van der Waals surface area contributed by atoms with E-state index in [1.807, 2.05) is 66.7 Å². The van der Waals surface area contributed by atoms with Gasteiger partial charge in [0, 0.05) is 11.1 Å². The van der Waals surface area contributed by atoms with Gasteiger partial charge >= 0.3 is 6.09 Å². The molecule has 2 N–H and O–H groups in total. The number of carbonyl (C=O) groups excluding carboxylic acids is 1. The predicted octanol–water partition coefficient (Wildman–Crippen LogP) is 4.33. The second-order valence-corrected chi connectivity index (χ2v) is 6.60. The number of alkyl carbamates (subject to hydrolysis) is 1. The molecule has 3 rings (SSSR count). The fourth-order valence-corrected chi connectivity index (χ4v) is 3.19. The van der Waals surface area contributed by atoms with E-state index in [1.54, 1.807) is 20.3 Å². The van der Waals surface area contributed by atoms with Crippen LogP contribution in [-0.2, 0) is 11.3 Å². The lowest BCUT2D eigenvalue weighted by Gasteiger charge is -2.22. The van der Waals surface area contributed by atoms with E-state index in [-0.39, 0.29) is 13.2 Å². The van der Waals surface area contributed by atoms with Crippen LogP contribution in [0.15, 0.2) is 72.8 Å². The molecule has 0 bridgehead atoms. The number of benzene rings is 3. The van der Waals surface area contributed by atoms with E-state index in [0.29, 0.717) is 17.1 Å². The Morgan fingerprint density at radius 3 is 2.23 bits per heavy atom. The van der Waals surface area contributed by atoms with Crippen molar-refractivity contribution in [3.63, 3.8) is 0 Å². The molecule has 3 aromatic rings. The summed E-state index contributed by atoms with van der Waals surface area (Å²) in [5, 5.41) is 12.7. The molecule has 0 radical (unpaired) electrons. The highest BCUT2D eigenvalue weighted by Crippen LogP contribution is 2.39. The Labute approximate surface area is 176 Å². The summed E-state index contributed by atoms with van der Waals surface area (Å²) in [6, 6.07) is 21.9. The molecule has 0 saturated carbocycles. The van der Waals surface area contributed by atoms with Gasteiger partial charge in [0.25, 0.3) is 0 Å². The zero-order chi connectivity index (χ0) is 21.3. The Morgan fingerprint density at radius 1 is 0.967 bits per heavy atom. The molecule has 30 heavy (non-hydrogen) atoms. The Balaban J connectivity index is 1.86. The first-order valence-electron chi connectivity index (χ1n) is 9.55. The van der Waals surface area contributed by atoms with Crippen molar-refractivity contribution in [2.75, 3.05) is 20.8 Å². The highest BCUT2D eigenvalue weighted by atomic mass is 16.5. The number of aliphatic hydroxyl groups excluding tert-OH is 1. The summed E-state index contributed by atoms with van der Waals surface area (Å²) < 4.78 is 16.4. The zero-order valence-electron chi connectivity index (χ0n) is 17.0. The Morgan fingerprint density at radius 2 is 1.63 bits per heavy atom. The maximum Gasteiger partial charge on any atom is 0.408 e. The molecule has 0 fully saturated rings. The molecule has 1 atom stereocenters. The van der Waals surface area contributed by atoms with Crippen LogP contribution in [-0.4, -0.2) is 32.0 Å². The standard InChI is InChI=1S/C24H25NO5/c1-28-19-13-20(18-11-7-4-8-12-18)23(29-2)21(14-19)22(15-26)25-24(27)30-16-17-9-5-3-6-10-17/h3-14,22,26H,15-16H2,1-2H3,(H,25,27)/t22-/m0/s1. The fraction of sp³-hybridized carbons (Fsp3) is 0.208. The average molecular weight is 407 g/mol. The third-order valence-corrected chi connectivity index (χ3v) is 4.68. The van der Waals surface area contributed by atoms with Gasteiger partial charge in [-0.05, 0) is 23.3 Å². The summed E-state index contributed by atoms with van der Waals surface area (Å²) >= 11 is 0.